The minimum Gasteiger partial charge on any atom is -0.497 e. The second-order valence-electron chi connectivity index (χ2n) is 4.68. The first-order valence-corrected chi connectivity index (χ1v) is 8.05. The maximum absolute atomic E-state index is 11.4. The highest BCUT2D eigenvalue weighted by atomic mass is 32.2. The number of hydrogen-bond donors (Lipinski definition) is 0. The molecule has 6 heteroatoms. The lowest BCUT2D eigenvalue weighted by atomic mass is 10.2. The first kappa shape index (κ1) is 13.6. The zero-order chi connectivity index (χ0) is 14.3. The van der Waals surface area contributed by atoms with Gasteiger partial charge in [-0.05, 0) is 31.5 Å². The summed E-state index contributed by atoms with van der Waals surface area (Å²) in [7, 11) is 1.66. The molecule has 1 aliphatic heterocycles. The molecule has 2 aromatic rings. The Bertz CT molecular complexity index is 721. The van der Waals surface area contributed by atoms with Crippen LogP contribution < -0.4 is 4.74 Å². The van der Waals surface area contributed by atoms with Crippen LogP contribution in [0.4, 0.5) is 0 Å². The van der Waals surface area contributed by atoms with E-state index in [0.29, 0.717) is 0 Å². The van der Waals surface area contributed by atoms with E-state index in [9.17, 15) is 4.79 Å². The number of fused-ring (bicyclic) bond motifs is 1. The zero-order valence-corrected chi connectivity index (χ0v) is 13.1. The van der Waals surface area contributed by atoms with Gasteiger partial charge in [-0.1, -0.05) is 0 Å². The smallest absolute Gasteiger partial charge is 0.155 e. The number of aromatic nitrogens is 1. The molecule has 3 rings (SSSR count). The van der Waals surface area contributed by atoms with Gasteiger partial charge in [0, 0.05) is 5.75 Å². The molecule has 104 valence electrons. The van der Waals surface area contributed by atoms with E-state index in [0.717, 1.165) is 37.3 Å². The quantitative estimate of drug-likeness (QED) is 0.874. The number of methoxy groups -OCH3 is 1. The number of carbonyl (C=O) groups excluding carboxylic acids is 1. The van der Waals surface area contributed by atoms with Crippen LogP contribution >= 0.6 is 23.1 Å². The summed E-state index contributed by atoms with van der Waals surface area (Å²) in [5, 5.41) is 1.77. The van der Waals surface area contributed by atoms with Crippen molar-refractivity contribution < 1.29 is 9.53 Å². The Morgan fingerprint density at radius 2 is 2.25 bits per heavy atom. The molecule has 0 amide bonds. The molecule has 0 fully saturated rings. The van der Waals surface area contributed by atoms with Crippen LogP contribution in [0.15, 0.2) is 17.1 Å². The van der Waals surface area contributed by atoms with Crippen molar-refractivity contribution in [1.82, 2.24) is 4.98 Å². The Labute approximate surface area is 125 Å². The third kappa shape index (κ3) is 2.33. The highest BCUT2D eigenvalue weighted by Crippen LogP contribution is 2.33. The molecule has 1 aromatic heterocycles. The minimum absolute atomic E-state index is 0.117. The molecule has 1 atom stereocenters. The molecule has 0 radical (unpaired) electrons. The summed E-state index contributed by atoms with van der Waals surface area (Å²) >= 11 is 3.21. The number of Topliss-reactive ketones (excluding diaryl/α,β-unsaturated/α-hetero) is 1. The first-order chi connectivity index (χ1) is 9.58. The van der Waals surface area contributed by atoms with Crippen molar-refractivity contribution in [3.63, 3.8) is 0 Å². The van der Waals surface area contributed by atoms with Gasteiger partial charge in [-0.25, -0.2) is 4.98 Å². The summed E-state index contributed by atoms with van der Waals surface area (Å²) in [5.74, 6) is 1.68. The van der Waals surface area contributed by atoms with Crippen molar-refractivity contribution in [3.8, 4) is 5.75 Å². The van der Waals surface area contributed by atoms with Gasteiger partial charge in [-0.3, -0.25) is 9.79 Å². The standard InChI is InChI=1S/C14H14N2O2S2/c1-7-4-9(18-3)5-11-12(7)16-14(20-11)13-15-10(6-19-13)8(2)17/h4-5,10H,6H2,1-3H3. The maximum atomic E-state index is 11.4. The van der Waals surface area contributed by atoms with Gasteiger partial charge in [0.15, 0.2) is 5.78 Å². The molecule has 20 heavy (non-hydrogen) atoms. The molecule has 0 aliphatic carbocycles. The highest BCUT2D eigenvalue weighted by molar-refractivity contribution is 8.15. The van der Waals surface area contributed by atoms with E-state index in [2.05, 4.69) is 9.98 Å². The molecular weight excluding hydrogens is 292 g/mol. The largest absolute Gasteiger partial charge is 0.497 e. The van der Waals surface area contributed by atoms with E-state index < -0.39 is 0 Å². The van der Waals surface area contributed by atoms with Crippen LogP contribution in [0.3, 0.4) is 0 Å². The number of nitrogens with zero attached hydrogens (tertiary/aromatic N) is 2. The van der Waals surface area contributed by atoms with Crippen LogP contribution in [-0.2, 0) is 4.79 Å². The zero-order valence-electron chi connectivity index (χ0n) is 11.5. The fraction of sp³-hybridized carbons (Fsp3) is 0.357. The fourth-order valence-corrected chi connectivity index (χ4v) is 4.33. The van der Waals surface area contributed by atoms with Gasteiger partial charge in [-0.15, -0.1) is 23.1 Å². The Hall–Kier alpha value is -1.40. The van der Waals surface area contributed by atoms with Crippen LogP contribution in [0, 0.1) is 6.92 Å². The van der Waals surface area contributed by atoms with E-state index in [1.807, 2.05) is 19.1 Å². The molecule has 4 nitrogen and oxygen atoms in total. The van der Waals surface area contributed by atoms with Gasteiger partial charge < -0.3 is 4.74 Å². The average Bonchev–Trinajstić information content (AvgIpc) is 3.04. The lowest BCUT2D eigenvalue weighted by molar-refractivity contribution is -0.117. The third-order valence-electron chi connectivity index (χ3n) is 3.20. The summed E-state index contributed by atoms with van der Waals surface area (Å²) in [5.41, 5.74) is 2.08. The lowest BCUT2D eigenvalue weighted by Crippen LogP contribution is -2.14. The Balaban J connectivity index is 2.04. The molecule has 0 spiro atoms. The van der Waals surface area contributed by atoms with Gasteiger partial charge in [0.1, 0.15) is 21.8 Å². The van der Waals surface area contributed by atoms with Crippen molar-refractivity contribution in [2.24, 2.45) is 4.99 Å². The molecule has 0 N–H and O–H groups in total. The fourth-order valence-electron chi connectivity index (χ4n) is 2.07. The van der Waals surface area contributed by atoms with E-state index in [4.69, 9.17) is 4.74 Å². The number of ether oxygens (including phenoxy) is 1. The number of thioether (sulfide) groups is 1. The second-order valence-corrected chi connectivity index (χ2v) is 6.72. The molecule has 2 heterocycles. The van der Waals surface area contributed by atoms with E-state index in [-0.39, 0.29) is 11.8 Å². The average molecular weight is 306 g/mol. The number of carbonyl (C=O) groups is 1. The number of rotatable bonds is 3. The summed E-state index contributed by atoms with van der Waals surface area (Å²) in [6.07, 6.45) is 0. The van der Waals surface area contributed by atoms with Crippen LogP contribution in [0.2, 0.25) is 0 Å². The molecule has 1 aliphatic rings. The normalized spacial score (nSPS) is 18.4. The Morgan fingerprint density at radius 3 is 2.90 bits per heavy atom. The van der Waals surface area contributed by atoms with Crippen molar-refractivity contribution in [2.75, 3.05) is 12.9 Å². The number of benzene rings is 1. The van der Waals surface area contributed by atoms with E-state index in [1.54, 1.807) is 37.1 Å². The van der Waals surface area contributed by atoms with Crippen LogP contribution in [0.25, 0.3) is 10.2 Å². The summed E-state index contributed by atoms with van der Waals surface area (Å²) in [6, 6.07) is 3.76. The van der Waals surface area contributed by atoms with Gasteiger partial charge >= 0.3 is 0 Å². The monoisotopic (exact) mass is 306 g/mol. The third-order valence-corrected chi connectivity index (χ3v) is 5.39. The second kappa shape index (κ2) is 5.18. The van der Waals surface area contributed by atoms with Gasteiger partial charge in [0.2, 0.25) is 0 Å². The first-order valence-electron chi connectivity index (χ1n) is 6.25. The number of aryl methyl sites for hydroxylation is 1. The number of thiazole rings is 1. The number of aliphatic imine (C=N–C) groups is 1. The topological polar surface area (TPSA) is 51.6 Å². The lowest BCUT2D eigenvalue weighted by Gasteiger charge is -2.00. The number of ketones is 1. The molecule has 1 unspecified atom stereocenters. The molecular formula is C14H14N2O2S2. The van der Waals surface area contributed by atoms with Gasteiger partial charge in [0.05, 0.1) is 17.3 Å². The summed E-state index contributed by atoms with van der Waals surface area (Å²) < 4.78 is 6.37. The van der Waals surface area contributed by atoms with Gasteiger partial charge in [0.25, 0.3) is 0 Å². The number of hydrogen-bond acceptors (Lipinski definition) is 6. The predicted octanol–water partition coefficient (Wildman–Crippen LogP) is 3.06. The van der Waals surface area contributed by atoms with Crippen molar-refractivity contribution in [3.05, 3.63) is 22.7 Å². The molecule has 1 aromatic carbocycles. The predicted molar refractivity (Wildman–Crippen MR) is 84.4 cm³/mol. The van der Waals surface area contributed by atoms with Crippen molar-refractivity contribution in [1.29, 1.82) is 0 Å². The van der Waals surface area contributed by atoms with Crippen LogP contribution in [0.5, 0.6) is 5.75 Å². The Morgan fingerprint density at radius 1 is 1.45 bits per heavy atom. The van der Waals surface area contributed by atoms with E-state index >= 15 is 0 Å². The molecule has 0 saturated carbocycles. The molecule has 0 bridgehead atoms. The minimum atomic E-state index is -0.211. The van der Waals surface area contributed by atoms with E-state index in [1.165, 1.54) is 0 Å². The molecule has 0 saturated heterocycles. The maximum Gasteiger partial charge on any atom is 0.155 e. The summed E-state index contributed by atoms with van der Waals surface area (Å²) in [4.78, 5) is 20.5. The van der Waals surface area contributed by atoms with Gasteiger partial charge in [-0.2, -0.15) is 0 Å². The highest BCUT2D eigenvalue weighted by Gasteiger charge is 2.25. The summed E-state index contributed by atoms with van der Waals surface area (Å²) in [6.45, 7) is 3.61. The SMILES string of the molecule is COc1cc(C)c2nc(C3=NC(C(C)=O)CS3)sc2c1. The Kier molecular flexibility index (Phi) is 3.52. The van der Waals surface area contributed by atoms with Crippen molar-refractivity contribution in [2.45, 2.75) is 19.9 Å². The van der Waals surface area contributed by atoms with Crippen LogP contribution in [0.1, 0.15) is 17.5 Å². The van der Waals surface area contributed by atoms with Crippen molar-refractivity contribution >= 4 is 44.1 Å². The van der Waals surface area contributed by atoms with Crippen LogP contribution in [-0.4, -0.2) is 34.7 Å².